The van der Waals surface area contributed by atoms with E-state index in [0.717, 1.165) is 16.1 Å². The summed E-state index contributed by atoms with van der Waals surface area (Å²) in [5.74, 6) is 1.18. The Hall–Kier alpha value is -2.65. The number of thioether (sulfide) groups is 1. The van der Waals surface area contributed by atoms with Gasteiger partial charge in [-0.05, 0) is 29.6 Å². The first-order valence-electron chi connectivity index (χ1n) is 7.89. The van der Waals surface area contributed by atoms with Gasteiger partial charge in [0.1, 0.15) is 0 Å². The molecule has 0 unspecified atom stereocenters. The first-order valence-corrected chi connectivity index (χ1v) is 9.82. The molecule has 26 heavy (non-hydrogen) atoms. The van der Waals surface area contributed by atoms with Crippen LogP contribution in [0.5, 0.6) is 0 Å². The molecular formula is C17H14N4O3S2. The van der Waals surface area contributed by atoms with E-state index in [4.69, 9.17) is 4.52 Å². The maximum absolute atomic E-state index is 12.2. The first-order chi connectivity index (χ1) is 12.7. The van der Waals surface area contributed by atoms with E-state index in [1.807, 2.05) is 29.0 Å². The highest BCUT2D eigenvalue weighted by atomic mass is 32.2. The molecule has 4 rings (SSSR count). The molecule has 0 radical (unpaired) electrons. The van der Waals surface area contributed by atoms with Crippen LogP contribution in [-0.2, 0) is 16.0 Å². The van der Waals surface area contributed by atoms with Crippen molar-refractivity contribution in [3.05, 3.63) is 40.9 Å². The van der Waals surface area contributed by atoms with Crippen molar-refractivity contribution in [2.24, 2.45) is 0 Å². The summed E-state index contributed by atoms with van der Waals surface area (Å²) in [6.07, 6.45) is 0.587. The molecule has 3 heterocycles. The largest absolute Gasteiger partial charge is 0.339 e. The van der Waals surface area contributed by atoms with Gasteiger partial charge >= 0.3 is 0 Å². The number of nitrogens with zero attached hydrogens (tertiary/aromatic N) is 2. The summed E-state index contributed by atoms with van der Waals surface area (Å²) in [7, 11) is 0. The van der Waals surface area contributed by atoms with Gasteiger partial charge in [-0.2, -0.15) is 16.3 Å². The molecule has 0 spiro atoms. The highest BCUT2D eigenvalue weighted by Crippen LogP contribution is 2.33. The summed E-state index contributed by atoms with van der Waals surface area (Å²) in [5, 5.41) is 13.4. The number of carbonyl (C=O) groups excluding carboxylic acids is 2. The normalized spacial score (nSPS) is 13.2. The van der Waals surface area contributed by atoms with Crippen LogP contribution in [0.4, 0.5) is 11.4 Å². The molecule has 7 nitrogen and oxygen atoms in total. The topological polar surface area (TPSA) is 97.1 Å². The van der Waals surface area contributed by atoms with Crippen molar-refractivity contribution >= 4 is 46.3 Å². The number of hydrogen-bond acceptors (Lipinski definition) is 7. The van der Waals surface area contributed by atoms with Crippen LogP contribution in [-0.4, -0.2) is 27.7 Å². The number of aromatic nitrogens is 2. The van der Waals surface area contributed by atoms with Gasteiger partial charge in [0, 0.05) is 34.4 Å². The number of amides is 2. The second kappa shape index (κ2) is 7.30. The van der Waals surface area contributed by atoms with Crippen molar-refractivity contribution in [2.75, 3.05) is 16.4 Å². The molecule has 1 aliphatic rings. The van der Waals surface area contributed by atoms with Gasteiger partial charge in [-0.1, -0.05) is 5.16 Å². The van der Waals surface area contributed by atoms with Gasteiger partial charge in [-0.15, -0.1) is 11.8 Å². The smallest absolute Gasteiger partial charge is 0.234 e. The van der Waals surface area contributed by atoms with Gasteiger partial charge in [0.25, 0.3) is 0 Å². The van der Waals surface area contributed by atoms with E-state index in [2.05, 4.69) is 20.8 Å². The molecule has 0 saturated heterocycles. The molecule has 9 heteroatoms. The number of benzene rings is 1. The monoisotopic (exact) mass is 386 g/mol. The summed E-state index contributed by atoms with van der Waals surface area (Å²) in [6.45, 7) is 0. The summed E-state index contributed by atoms with van der Waals surface area (Å²) in [6, 6.07) is 7.39. The van der Waals surface area contributed by atoms with Crippen molar-refractivity contribution in [1.82, 2.24) is 10.1 Å². The SMILES string of the molecule is O=C(CCc1nc(-c2ccsc2)no1)Nc1ccc2c(c1)NC(=O)CS2. The quantitative estimate of drug-likeness (QED) is 0.697. The van der Waals surface area contributed by atoms with Crippen LogP contribution in [0.1, 0.15) is 12.3 Å². The van der Waals surface area contributed by atoms with Gasteiger partial charge in [-0.25, -0.2) is 0 Å². The zero-order chi connectivity index (χ0) is 17.9. The Morgan fingerprint density at radius 2 is 2.27 bits per heavy atom. The number of rotatable bonds is 5. The zero-order valence-electron chi connectivity index (χ0n) is 13.5. The van der Waals surface area contributed by atoms with Crippen molar-refractivity contribution in [2.45, 2.75) is 17.7 Å². The van der Waals surface area contributed by atoms with Crippen LogP contribution < -0.4 is 10.6 Å². The Balaban J connectivity index is 1.34. The number of nitrogens with one attached hydrogen (secondary N) is 2. The molecule has 2 aromatic heterocycles. The van der Waals surface area contributed by atoms with Gasteiger partial charge in [-0.3, -0.25) is 9.59 Å². The third-order valence-corrected chi connectivity index (χ3v) is 5.47. The fourth-order valence-corrected chi connectivity index (χ4v) is 3.89. The van der Waals surface area contributed by atoms with E-state index < -0.39 is 0 Å². The Kier molecular flexibility index (Phi) is 4.72. The molecular weight excluding hydrogens is 372 g/mol. The molecule has 2 N–H and O–H groups in total. The standard InChI is InChI=1S/C17H14N4O3S2/c22-14(3-4-16-20-17(21-24-16)10-5-6-25-8-10)18-11-1-2-13-12(7-11)19-15(23)9-26-13/h1-2,5-8H,3-4,9H2,(H,18,22)(H,19,23). The molecule has 132 valence electrons. The van der Waals surface area contributed by atoms with E-state index in [9.17, 15) is 9.59 Å². The highest BCUT2D eigenvalue weighted by Gasteiger charge is 2.16. The number of anilines is 2. The molecule has 0 fully saturated rings. The third-order valence-electron chi connectivity index (χ3n) is 3.71. The van der Waals surface area contributed by atoms with Crippen molar-refractivity contribution in [3.8, 4) is 11.4 Å². The number of aryl methyl sites for hydroxylation is 1. The Bertz CT molecular complexity index is 953. The zero-order valence-corrected chi connectivity index (χ0v) is 15.2. The van der Waals surface area contributed by atoms with E-state index >= 15 is 0 Å². The van der Waals surface area contributed by atoms with E-state index in [1.165, 1.54) is 11.8 Å². The molecule has 0 atom stereocenters. The second-order valence-corrected chi connectivity index (χ2v) is 7.42. The first kappa shape index (κ1) is 16.8. The van der Waals surface area contributed by atoms with Crippen molar-refractivity contribution in [3.63, 3.8) is 0 Å². The molecule has 0 bridgehead atoms. The lowest BCUT2D eigenvalue weighted by atomic mass is 10.2. The minimum absolute atomic E-state index is 0.0382. The Labute approximate surface area is 157 Å². The molecule has 0 aliphatic carbocycles. The fraction of sp³-hybridized carbons (Fsp3) is 0.176. The minimum Gasteiger partial charge on any atom is -0.339 e. The Morgan fingerprint density at radius 1 is 1.35 bits per heavy atom. The predicted molar refractivity (Wildman–Crippen MR) is 100 cm³/mol. The average molecular weight is 386 g/mol. The van der Waals surface area contributed by atoms with E-state index in [0.29, 0.717) is 29.6 Å². The molecule has 2 amide bonds. The van der Waals surface area contributed by atoms with Gasteiger partial charge in [0.05, 0.1) is 11.4 Å². The lowest BCUT2D eigenvalue weighted by Crippen LogP contribution is -2.19. The summed E-state index contributed by atoms with van der Waals surface area (Å²) in [5.41, 5.74) is 2.27. The summed E-state index contributed by atoms with van der Waals surface area (Å²) in [4.78, 5) is 28.9. The summed E-state index contributed by atoms with van der Waals surface area (Å²) >= 11 is 3.04. The van der Waals surface area contributed by atoms with Crippen LogP contribution in [0.25, 0.3) is 11.4 Å². The highest BCUT2D eigenvalue weighted by molar-refractivity contribution is 8.00. The van der Waals surface area contributed by atoms with Gasteiger partial charge < -0.3 is 15.2 Å². The minimum atomic E-state index is -0.157. The Morgan fingerprint density at radius 3 is 3.12 bits per heavy atom. The fourth-order valence-electron chi connectivity index (χ4n) is 2.47. The van der Waals surface area contributed by atoms with Gasteiger partial charge in [0.2, 0.25) is 23.5 Å². The number of fused-ring (bicyclic) bond motifs is 1. The number of hydrogen-bond donors (Lipinski definition) is 2. The van der Waals surface area contributed by atoms with Gasteiger partial charge in [0.15, 0.2) is 0 Å². The molecule has 1 aromatic carbocycles. The lowest BCUT2D eigenvalue weighted by Gasteiger charge is -2.17. The maximum Gasteiger partial charge on any atom is 0.234 e. The van der Waals surface area contributed by atoms with E-state index in [-0.39, 0.29) is 18.2 Å². The number of thiophene rings is 1. The predicted octanol–water partition coefficient (Wildman–Crippen LogP) is 3.41. The average Bonchev–Trinajstić information content (AvgIpc) is 3.31. The molecule has 3 aromatic rings. The third kappa shape index (κ3) is 3.78. The van der Waals surface area contributed by atoms with Crippen LogP contribution in [0.3, 0.4) is 0 Å². The van der Waals surface area contributed by atoms with Crippen LogP contribution in [0.2, 0.25) is 0 Å². The second-order valence-electron chi connectivity index (χ2n) is 5.62. The number of carbonyl (C=O) groups is 2. The summed E-state index contributed by atoms with van der Waals surface area (Å²) < 4.78 is 5.19. The lowest BCUT2D eigenvalue weighted by molar-refractivity contribution is -0.116. The van der Waals surface area contributed by atoms with Crippen LogP contribution in [0, 0.1) is 0 Å². The van der Waals surface area contributed by atoms with E-state index in [1.54, 1.807) is 17.4 Å². The van der Waals surface area contributed by atoms with Crippen LogP contribution >= 0.6 is 23.1 Å². The van der Waals surface area contributed by atoms with Crippen molar-refractivity contribution in [1.29, 1.82) is 0 Å². The van der Waals surface area contributed by atoms with Crippen molar-refractivity contribution < 1.29 is 14.1 Å². The maximum atomic E-state index is 12.2. The molecule has 1 aliphatic heterocycles. The molecule has 0 saturated carbocycles. The van der Waals surface area contributed by atoms with Crippen LogP contribution in [0.15, 0.2) is 44.4 Å².